The van der Waals surface area contributed by atoms with E-state index in [0.717, 1.165) is 31.7 Å². The number of nitrogens with one attached hydrogen (secondary N) is 1. The molecule has 0 spiro atoms. The van der Waals surface area contributed by atoms with Gasteiger partial charge in [0.1, 0.15) is 5.82 Å². The van der Waals surface area contributed by atoms with Crippen LogP contribution in [-0.4, -0.2) is 62.6 Å². The molecule has 0 unspecified atom stereocenters. The first-order chi connectivity index (χ1) is 12.4. The molecule has 1 aromatic rings. The van der Waals surface area contributed by atoms with E-state index < -0.39 is 10.0 Å². The van der Waals surface area contributed by atoms with Gasteiger partial charge in [0, 0.05) is 44.8 Å². The maximum absolute atomic E-state index is 12.4. The van der Waals surface area contributed by atoms with E-state index >= 15 is 0 Å². The minimum absolute atomic E-state index is 0.0680. The summed E-state index contributed by atoms with van der Waals surface area (Å²) in [5.41, 5.74) is 0. The van der Waals surface area contributed by atoms with E-state index in [2.05, 4.69) is 15.2 Å². The number of nitrogens with zero attached hydrogens (tertiary/aromatic N) is 3. The molecule has 0 radical (unpaired) electrons. The van der Waals surface area contributed by atoms with Gasteiger partial charge in [-0.25, -0.2) is 17.7 Å². The smallest absolute Gasteiger partial charge is 0.223 e. The number of hydrogen-bond acceptors (Lipinski definition) is 5. The van der Waals surface area contributed by atoms with Gasteiger partial charge in [0.2, 0.25) is 15.9 Å². The predicted octanol–water partition coefficient (Wildman–Crippen LogP) is 1.09. The highest BCUT2D eigenvalue weighted by atomic mass is 32.2. The fourth-order valence-electron chi connectivity index (χ4n) is 3.75. The summed E-state index contributed by atoms with van der Waals surface area (Å²) in [6, 6.07) is 5.96. The van der Waals surface area contributed by atoms with E-state index in [4.69, 9.17) is 0 Å². The van der Waals surface area contributed by atoms with Gasteiger partial charge in [0.15, 0.2) is 0 Å². The van der Waals surface area contributed by atoms with Crippen molar-refractivity contribution in [2.45, 2.75) is 25.7 Å². The van der Waals surface area contributed by atoms with Crippen LogP contribution in [0.5, 0.6) is 0 Å². The zero-order valence-corrected chi connectivity index (χ0v) is 16.1. The fourth-order valence-corrected chi connectivity index (χ4v) is 4.62. The van der Waals surface area contributed by atoms with Crippen LogP contribution in [-0.2, 0) is 14.8 Å². The number of carbonyl (C=O) groups is 1. The monoisotopic (exact) mass is 380 g/mol. The highest BCUT2D eigenvalue weighted by Gasteiger charge is 2.29. The van der Waals surface area contributed by atoms with Crippen LogP contribution in [0.4, 0.5) is 5.82 Å². The van der Waals surface area contributed by atoms with Gasteiger partial charge in [-0.15, -0.1) is 0 Å². The summed E-state index contributed by atoms with van der Waals surface area (Å²) in [5, 5.41) is 3.09. The molecule has 144 valence electrons. The number of carbonyl (C=O) groups excluding carboxylic acids is 1. The third-order valence-corrected chi connectivity index (χ3v) is 6.75. The lowest BCUT2D eigenvalue weighted by Gasteiger charge is -2.33. The first-order valence-corrected chi connectivity index (χ1v) is 11.2. The van der Waals surface area contributed by atoms with Crippen LogP contribution in [0.2, 0.25) is 0 Å². The van der Waals surface area contributed by atoms with Gasteiger partial charge in [-0.1, -0.05) is 6.07 Å². The van der Waals surface area contributed by atoms with Crippen molar-refractivity contribution in [3.05, 3.63) is 24.4 Å². The zero-order valence-electron chi connectivity index (χ0n) is 15.3. The Morgan fingerprint density at radius 1 is 1.15 bits per heavy atom. The van der Waals surface area contributed by atoms with Crippen molar-refractivity contribution in [1.82, 2.24) is 14.6 Å². The van der Waals surface area contributed by atoms with Crippen molar-refractivity contribution in [1.29, 1.82) is 0 Å². The third kappa shape index (κ3) is 4.94. The molecule has 1 N–H and O–H groups in total. The average Bonchev–Trinajstić information content (AvgIpc) is 2.66. The Bertz CT molecular complexity index is 694. The zero-order chi connectivity index (χ0) is 18.6. The lowest BCUT2D eigenvalue weighted by molar-refractivity contribution is -0.126. The van der Waals surface area contributed by atoms with Crippen molar-refractivity contribution < 1.29 is 13.2 Å². The van der Waals surface area contributed by atoms with Crippen molar-refractivity contribution >= 4 is 21.7 Å². The van der Waals surface area contributed by atoms with Crippen LogP contribution in [0.25, 0.3) is 0 Å². The quantitative estimate of drug-likeness (QED) is 0.827. The van der Waals surface area contributed by atoms with Gasteiger partial charge in [0.25, 0.3) is 0 Å². The second kappa shape index (κ2) is 8.35. The van der Waals surface area contributed by atoms with Gasteiger partial charge in [-0.3, -0.25) is 4.79 Å². The Morgan fingerprint density at radius 2 is 1.85 bits per heavy atom. The Morgan fingerprint density at radius 3 is 2.42 bits per heavy atom. The lowest BCUT2D eigenvalue weighted by Crippen LogP contribution is -2.44. The minimum Gasteiger partial charge on any atom is -0.357 e. The van der Waals surface area contributed by atoms with Crippen LogP contribution in [0.3, 0.4) is 0 Å². The second-order valence-corrected chi connectivity index (χ2v) is 9.28. The molecule has 2 aliphatic heterocycles. The molecule has 1 aromatic heterocycles. The minimum atomic E-state index is -3.14. The van der Waals surface area contributed by atoms with E-state index in [-0.39, 0.29) is 11.8 Å². The predicted molar refractivity (Wildman–Crippen MR) is 101 cm³/mol. The standard InChI is InChI=1S/C18H28N4O3S/c1-26(24,25)22-12-7-16(8-13-22)18(23)20-14-15-5-10-21(11-6-15)17-4-2-3-9-19-17/h2-4,9,15-16H,5-8,10-14H2,1H3,(H,20,23). The summed E-state index contributed by atoms with van der Waals surface area (Å²) in [7, 11) is -3.14. The first-order valence-electron chi connectivity index (χ1n) is 9.32. The van der Waals surface area contributed by atoms with Crippen LogP contribution in [0, 0.1) is 11.8 Å². The van der Waals surface area contributed by atoms with E-state index in [1.54, 1.807) is 0 Å². The molecule has 3 rings (SSSR count). The number of amides is 1. The summed E-state index contributed by atoms with van der Waals surface area (Å²) in [6.07, 6.45) is 6.35. The highest BCUT2D eigenvalue weighted by Crippen LogP contribution is 2.22. The molecule has 2 fully saturated rings. The fraction of sp³-hybridized carbons (Fsp3) is 0.667. The van der Waals surface area contributed by atoms with Gasteiger partial charge in [-0.2, -0.15) is 0 Å². The molecular weight excluding hydrogens is 352 g/mol. The van der Waals surface area contributed by atoms with Crippen LogP contribution >= 0.6 is 0 Å². The average molecular weight is 381 g/mol. The molecule has 0 saturated carbocycles. The molecule has 8 heteroatoms. The summed E-state index contributed by atoms with van der Waals surface area (Å²) in [6.45, 7) is 3.52. The largest absolute Gasteiger partial charge is 0.357 e. The molecule has 7 nitrogen and oxygen atoms in total. The van der Waals surface area contributed by atoms with Crippen LogP contribution in [0.1, 0.15) is 25.7 Å². The number of aromatic nitrogens is 1. The van der Waals surface area contributed by atoms with Crippen LogP contribution < -0.4 is 10.2 Å². The maximum Gasteiger partial charge on any atom is 0.223 e. The van der Waals surface area contributed by atoms with Crippen molar-refractivity contribution in [2.24, 2.45) is 11.8 Å². The molecule has 0 aliphatic carbocycles. The molecule has 3 heterocycles. The Kier molecular flexibility index (Phi) is 6.13. The maximum atomic E-state index is 12.4. The van der Waals surface area contributed by atoms with Gasteiger partial charge >= 0.3 is 0 Å². The number of pyridine rings is 1. The second-order valence-electron chi connectivity index (χ2n) is 7.30. The van der Waals surface area contributed by atoms with Gasteiger partial charge in [0.05, 0.1) is 6.26 Å². The summed E-state index contributed by atoms with van der Waals surface area (Å²) in [5.74, 6) is 1.52. The van der Waals surface area contributed by atoms with E-state index in [0.29, 0.717) is 38.4 Å². The topological polar surface area (TPSA) is 82.6 Å². The molecule has 0 atom stereocenters. The first kappa shape index (κ1) is 19.1. The van der Waals surface area contributed by atoms with E-state index in [9.17, 15) is 13.2 Å². The SMILES string of the molecule is CS(=O)(=O)N1CCC(C(=O)NCC2CCN(c3ccccn3)CC2)CC1. The summed E-state index contributed by atoms with van der Waals surface area (Å²) >= 11 is 0. The Hall–Kier alpha value is -1.67. The van der Waals surface area contributed by atoms with Gasteiger partial charge < -0.3 is 10.2 Å². The molecule has 2 saturated heterocycles. The number of hydrogen-bond donors (Lipinski definition) is 1. The number of rotatable bonds is 5. The number of sulfonamides is 1. The molecular formula is C18H28N4O3S. The van der Waals surface area contributed by atoms with Gasteiger partial charge in [-0.05, 0) is 43.7 Å². The molecule has 2 aliphatic rings. The number of piperidine rings is 2. The normalized spacial score (nSPS) is 20.9. The lowest BCUT2D eigenvalue weighted by atomic mass is 9.94. The Labute approximate surface area is 155 Å². The van der Waals surface area contributed by atoms with E-state index in [1.165, 1.54) is 10.6 Å². The van der Waals surface area contributed by atoms with E-state index in [1.807, 2.05) is 24.4 Å². The Balaban J connectivity index is 1.38. The van der Waals surface area contributed by atoms with Crippen molar-refractivity contribution in [3.63, 3.8) is 0 Å². The molecule has 26 heavy (non-hydrogen) atoms. The third-order valence-electron chi connectivity index (χ3n) is 5.45. The number of anilines is 1. The van der Waals surface area contributed by atoms with Crippen molar-refractivity contribution in [2.75, 3.05) is 43.9 Å². The van der Waals surface area contributed by atoms with Crippen molar-refractivity contribution in [3.8, 4) is 0 Å². The highest BCUT2D eigenvalue weighted by molar-refractivity contribution is 7.88. The molecule has 1 amide bonds. The molecule has 0 bridgehead atoms. The summed E-state index contributed by atoms with van der Waals surface area (Å²) < 4.78 is 24.5. The van der Waals surface area contributed by atoms with Crippen LogP contribution in [0.15, 0.2) is 24.4 Å². The summed E-state index contributed by atoms with van der Waals surface area (Å²) in [4.78, 5) is 19.1. The molecule has 0 aromatic carbocycles.